The molecule has 0 saturated heterocycles. The molecule has 0 bridgehead atoms. The van der Waals surface area contributed by atoms with Gasteiger partial charge < -0.3 is 23.7 Å². The number of para-hydroxylation sites is 1. The Kier molecular flexibility index (Phi) is 8.25. The number of ether oxygens (including phenoxy) is 5. The molecule has 0 spiro atoms. The van der Waals surface area contributed by atoms with Gasteiger partial charge in [-0.15, -0.1) is 0 Å². The van der Waals surface area contributed by atoms with Crippen molar-refractivity contribution >= 4 is 17.9 Å². The molecule has 0 saturated carbocycles. The van der Waals surface area contributed by atoms with Crippen molar-refractivity contribution in [3.8, 4) is 28.4 Å². The molecule has 1 unspecified atom stereocenters. The predicted octanol–water partition coefficient (Wildman–Crippen LogP) is 4.41. The average molecular weight is 531 g/mol. The lowest BCUT2D eigenvalue weighted by molar-refractivity contribution is -0.149. The summed E-state index contributed by atoms with van der Waals surface area (Å²) in [6, 6.07) is 22.4. The number of benzene rings is 3. The van der Waals surface area contributed by atoms with Crippen LogP contribution in [-0.2, 0) is 19.0 Å². The molecular weight excluding hydrogens is 504 g/mol. The summed E-state index contributed by atoms with van der Waals surface area (Å²) in [6.07, 6.45) is -1.10. The molecule has 0 radical (unpaired) electrons. The van der Waals surface area contributed by atoms with E-state index in [9.17, 15) is 14.4 Å². The van der Waals surface area contributed by atoms with Crippen molar-refractivity contribution in [1.82, 2.24) is 9.78 Å². The summed E-state index contributed by atoms with van der Waals surface area (Å²) in [4.78, 5) is 38.5. The van der Waals surface area contributed by atoms with Gasteiger partial charge in [0.1, 0.15) is 11.3 Å². The number of carbonyl (C=O) groups excluding carboxylic acids is 3. The van der Waals surface area contributed by atoms with E-state index in [2.05, 4.69) is 5.10 Å². The zero-order chi connectivity index (χ0) is 27.9. The number of aromatic nitrogens is 2. The maximum absolute atomic E-state index is 13.0. The number of methoxy groups -OCH3 is 4. The fourth-order valence-electron chi connectivity index (χ4n) is 3.99. The number of esters is 3. The summed E-state index contributed by atoms with van der Waals surface area (Å²) in [6.45, 7) is 0. The quantitative estimate of drug-likeness (QED) is 0.229. The Balaban J connectivity index is 1.91. The minimum atomic E-state index is -1.10. The number of carbonyl (C=O) groups is 3. The topological polar surface area (TPSA) is 115 Å². The molecular formula is C29H26N2O8. The highest BCUT2D eigenvalue weighted by Crippen LogP contribution is 2.37. The first-order chi connectivity index (χ1) is 18.9. The molecule has 10 heteroatoms. The van der Waals surface area contributed by atoms with Crippen LogP contribution in [0.2, 0.25) is 0 Å². The number of hydrogen-bond acceptors (Lipinski definition) is 9. The summed E-state index contributed by atoms with van der Waals surface area (Å²) in [5.41, 5.74) is 1.40. The van der Waals surface area contributed by atoms with Gasteiger partial charge in [0, 0.05) is 11.1 Å². The van der Waals surface area contributed by atoms with Gasteiger partial charge in [-0.2, -0.15) is 5.10 Å². The maximum Gasteiger partial charge on any atom is 0.357 e. The molecule has 1 heterocycles. The normalized spacial score (nSPS) is 11.3. The van der Waals surface area contributed by atoms with E-state index >= 15 is 0 Å². The number of rotatable bonds is 9. The molecule has 0 aliphatic rings. The van der Waals surface area contributed by atoms with E-state index in [0.717, 1.165) is 0 Å². The van der Waals surface area contributed by atoms with Crippen LogP contribution >= 0.6 is 0 Å². The van der Waals surface area contributed by atoms with Crippen molar-refractivity contribution in [2.75, 3.05) is 28.4 Å². The minimum absolute atomic E-state index is 0.100. The highest BCUT2D eigenvalue weighted by molar-refractivity contribution is 6.07. The molecule has 0 fully saturated rings. The molecule has 39 heavy (non-hydrogen) atoms. The highest BCUT2D eigenvalue weighted by atomic mass is 16.6. The van der Waals surface area contributed by atoms with Crippen LogP contribution in [0.15, 0.2) is 78.9 Å². The second kappa shape index (κ2) is 12.0. The molecule has 10 nitrogen and oxygen atoms in total. The van der Waals surface area contributed by atoms with E-state index in [1.54, 1.807) is 66.7 Å². The Morgan fingerprint density at radius 2 is 1.38 bits per heavy atom. The average Bonchev–Trinajstić information content (AvgIpc) is 3.40. The zero-order valence-corrected chi connectivity index (χ0v) is 21.7. The molecule has 200 valence electrons. The first-order valence-electron chi connectivity index (χ1n) is 11.8. The van der Waals surface area contributed by atoms with Gasteiger partial charge in [-0.3, -0.25) is 0 Å². The summed E-state index contributed by atoms with van der Waals surface area (Å²) in [5.74, 6) is -1.69. The SMILES string of the molecule is COC(=O)c1c(-c2ccc(OC)c(OC(C(=O)OC)c3ccccc3)c2)nn(-c2ccccc2)c1C(=O)OC. The predicted molar refractivity (Wildman–Crippen MR) is 140 cm³/mol. The summed E-state index contributed by atoms with van der Waals surface area (Å²) >= 11 is 0. The second-order valence-electron chi connectivity index (χ2n) is 8.10. The third-order valence-electron chi connectivity index (χ3n) is 5.85. The minimum Gasteiger partial charge on any atom is -0.493 e. The Morgan fingerprint density at radius 3 is 1.97 bits per heavy atom. The standard InChI is InChI=1S/C29H26N2O8/c1-35-21-16-15-19(17-22(21)39-26(29(34)38-4)18-11-7-5-8-12-18)24-23(27(32)36-2)25(28(33)37-3)31(30-24)20-13-9-6-10-14-20/h5-17,26H,1-4H3. The maximum atomic E-state index is 13.0. The van der Waals surface area contributed by atoms with E-state index in [4.69, 9.17) is 23.7 Å². The molecule has 0 aliphatic heterocycles. The lowest BCUT2D eigenvalue weighted by Crippen LogP contribution is -2.20. The fraction of sp³-hybridized carbons (Fsp3) is 0.172. The van der Waals surface area contributed by atoms with Gasteiger partial charge in [0.25, 0.3) is 0 Å². The molecule has 1 atom stereocenters. The number of nitrogens with zero attached hydrogens (tertiary/aromatic N) is 2. The third kappa shape index (κ3) is 5.45. The van der Waals surface area contributed by atoms with Crippen LogP contribution in [0.4, 0.5) is 0 Å². The fourth-order valence-corrected chi connectivity index (χ4v) is 3.99. The van der Waals surface area contributed by atoms with Gasteiger partial charge in [0.15, 0.2) is 17.2 Å². The molecule has 1 aromatic heterocycles. The van der Waals surface area contributed by atoms with Crippen molar-refractivity contribution in [3.05, 3.63) is 95.7 Å². The van der Waals surface area contributed by atoms with Crippen LogP contribution in [0.3, 0.4) is 0 Å². The molecule has 0 aliphatic carbocycles. The van der Waals surface area contributed by atoms with Crippen LogP contribution in [0, 0.1) is 0 Å². The van der Waals surface area contributed by atoms with Gasteiger partial charge >= 0.3 is 17.9 Å². The molecule has 4 rings (SSSR count). The lowest BCUT2D eigenvalue weighted by Gasteiger charge is -2.19. The summed E-state index contributed by atoms with van der Waals surface area (Å²) in [5, 5.41) is 4.60. The van der Waals surface area contributed by atoms with Crippen LogP contribution < -0.4 is 9.47 Å². The van der Waals surface area contributed by atoms with E-state index in [-0.39, 0.29) is 22.7 Å². The largest absolute Gasteiger partial charge is 0.493 e. The summed E-state index contributed by atoms with van der Waals surface area (Å²) < 4.78 is 27.9. The van der Waals surface area contributed by atoms with Crippen molar-refractivity contribution in [1.29, 1.82) is 0 Å². The molecule has 0 N–H and O–H groups in total. The smallest absolute Gasteiger partial charge is 0.357 e. The van der Waals surface area contributed by atoms with Crippen LogP contribution in [0.25, 0.3) is 16.9 Å². The molecule has 3 aromatic carbocycles. The molecule has 4 aromatic rings. The van der Waals surface area contributed by atoms with Crippen molar-refractivity contribution in [2.24, 2.45) is 0 Å². The lowest BCUT2D eigenvalue weighted by atomic mass is 10.0. The first-order valence-corrected chi connectivity index (χ1v) is 11.8. The van der Waals surface area contributed by atoms with E-state index in [1.165, 1.54) is 33.1 Å². The van der Waals surface area contributed by atoms with E-state index < -0.39 is 24.0 Å². The van der Waals surface area contributed by atoms with Gasteiger partial charge in [0.2, 0.25) is 6.10 Å². The Labute approximate surface area is 224 Å². The second-order valence-corrected chi connectivity index (χ2v) is 8.10. The van der Waals surface area contributed by atoms with E-state index in [1.807, 2.05) is 12.1 Å². The first kappa shape index (κ1) is 26.9. The van der Waals surface area contributed by atoms with Crippen molar-refractivity contribution in [2.45, 2.75) is 6.10 Å². The van der Waals surface area contributed by atoms with Gasteiger partial charge in [-0.25, -0.2) is 19.1 Å². The highest BCUT2D eigenvalue weighted by Gasteiger charge is 2.32. The van der Waals surface area contributed by atoms with Crippen molar-refractivity contribution < 1.29 is 38.1 Å². The Bertz CT molecular complexity index is 1480. The van der Waals surface area contributed by atoms with Crippen LogP contribution in [-0.4, -0.2) is 56.1 Å². The van der Waals surface area contributed by atoms with E-state index in [0.29, 0.717) is 22.6 Å². The Morgan fingerprint density at radius 1 is 0.744 bits per heavy atom. The monoisotopic (exact) mass is 530 g/mol. The Hall–Kier alpha value is -5.12. The van der Waals surface area contributed by atoms with Gasteiger partial charge in [-0.1, -0.05) is 48.5 Å². The number of hydrogen-bond donors (Lipinski definition) is 0. The van der Waals surface area contributed by atoms with Gasteiger partial charge in [0.05, 0.1) is 34.1 Å². The van der Waals surface area contributed by atoms with Crippen LogP contribution in [0.5, 0.6) is 11.5 Å². The third-order valence-corrected chi connectivity index (χ3v) is 5.85. The zero-order valence-electron chi connectivity index (χ0n) is 21.7. The molecule has 0 amide bonds. The summed E-state index contributed by atoms with van der Waals surface area (Å²) in [7, 11) is 5.14. The van der Waals surface area contributed by atoms with Gasteiger partial charge in [-0.05, 0) is 30.3 Å². The van der Waals surface area contributed by atoms with Crippen LogP contribution in [0.1, 0.15) is 32.5 Å². The van der Waals surface area contributed by atoms with Crippen molar-refractivity contribution in [3.63, 3.8) is 0 Å².